The highest BCUT2D eigenvalue weighted by molar-refractivity contribution is 6.31. The van der Waals surface area contributed by atoms with Crippen LogP contribution in [0.5, 0.6) is 0 Å². The first-order chi connectivity index (χ1) is 20.6. The summed E-state index contributed by atoms with van der Waals surface area (Å²) in [5, 5.41) is 11.0. The van der Waals surface area contributed by atoms with Crippen molar-refractivity contribution in [3.8, 4) is 0 Å². The molecule has 0 amide bonds. The first-order valence-corrected chi connectivity index (χ1v) is 16.7. The second kappa shape index (κ2) is 12.2. The third-order valence-corrected chi connectivity index (χ3v) is 9.97. The Bertz CT molecular complexity index is 1640. The number of nitrogens with one attached hydrogen (secondary N) is 2. The zero-order chi connectivity index (χ0) is 28.5. The Morgan fingerprint density at radius 2 is 1.52 bits per heavy atom. The van der Waals surface area contributed by atoms with Gasteiger partial charge in [0, 0.05) is 51.9 Å². The van der Waals surface area contributed by atoms with Gasteiger partial charge in [-0.25, -0.2) is 0 Å². The molecule has 3 aliphatic rings. The maximum absolute atomic E-state index is 6.39. The van der Waals surface area contributed by atoms with E-state index in [1.165, 1.54) is 108 Å². The van der Waals surface area contributed by atoms with Gasteiger partial charge in [-0.05, 0) is 106 Å². The minimum atomic E-state index is 0.445. The Balaban J connectivity index is 0.936. The van der Waals surface area contributed by atoms with Crippen LogP contribution in [-0.2, 0) is 19.3 Å². The number of anilines is 2. The topological polar surface area (TPSA) is 49.8 Å². The number of unbranched alkanes of at least 4 members (excludes halogenated alkanes) is 4. The van der Waals surface area contributed by atoms with Crippen molar-refractivity contribution in [3.63, 3.8) is 0 Å². The molecule has 2 aromatic heterocycles. The van der Waals surface area contributed by atoms with Gasteiger partial charge in [-0.3, -0.25) is 9.97 Å². The van der Waals surface area contributed by atoms with Crippen molar-refractivity contribution in [2.45, 2.75) is 89.9 Å². The van der Waals surface area contributed by atoms with Crippen LogP contribution in [0.15, 0.2) is 54.1 Å². The number of benzene rings is 2. The van der Waals surface area contributed by atoms with Gasteiger partial charge in [-0.1, -0.05) is 60.7 Å². The first kappa shape index (κ1) is 27.7. The molecule has 5 heteroatoms. The average Bonchev–Trinajstić information content (AvgIpc) is 2.99. The number of hydrogen-bond acceptors (Lipinski definition) is 4. The summed E-state index contributed by atoms with van der Waals surface area (Å²) >= 11 is 6.39. The van der Waals surface area contributed by atoms with E-state index in [-0.39, 0.29) is 0 Å². The molecule has 4 nitrogen and oxygen atoms in total. The molecule has 2 atom stereocenters. The largest absolute Gasteiger partial charge is 0.384 e. The van der Waals surface area contributed by atoms with Crippen LogP contribution in [0.1, 0.15) is 93.1 Å². The lowest BCUT2D eigenvalue weighted by Gasteiger charge is -2.35. The highest BCUT2D eigenvalue weighted by atomic mass is 35.5. The smallest absolute Gasteiger partial charge is 0.0741 e. The monoisotopic (exact) mass is 578 g/mol. The van der Waals surface area contributed by atoms with E-state index in [2.05, 4.69) is 54.0 Å². The van der Waals surface area contributed by atoms with Gasteiger partial charge in [0.05, 0.1) is 16.7 Å². The van der Waals surface area contributed by atoms with Crippen LogP contribution in [0.4, 0.5) is 11.4 Å². The number of rotatable bonds is 10. The molecule has 7 rings (SSSR count). The van der Waals surface area contributed by atoms with Crippen LogP contribution in [0.3, 0.4) is 0 Å². The van der Waals surface area contributed by atoms with E-state index in [1.807, 2.05) is 12.1 Å². The molecular weight excluding hydrogens is 536 g/mol. The normalized spacial score (nSPS) is 19.3. The third-order valence-electron chi connectivity index (χ3n) is 9.74. The molecule has 0 radical (unpaired) electrons. The van der Waals surface area contributed by atoms with E-state index in [1.54, 1.807) is 0 Å². The number of para-hydroxylation sites is 1. The SMILES string of the molecule is CC1=CC2CC(C1)Cc1c2nc2cc(Cl)ccc2c1NCCCCCCCNc1c2c(nc3ccccc13)CCCC2. The summed E-state index contributed by atoms with van der Waals surface area (Å²) in [6.45, 7) is 4.32. The van der Waals surface area contributed by atoms with Gasteiger partial charge in [0.25, 0.3) is 0 Å². The molecule has 3 aliphatic carbocycles. The highest BCUT2D eigenvalue weighted by Gasteiger charge is 2.33. The third kappa shape index (κ3) is 5.63. The van der Waals surface area contributed by atoms with Crippen molar-refractivity contribution in [1.82, 2.24) is 9.97 Å². The second-order valence-corrected chi connectivity index (χ2v) is 13.3. The van der Waals surface area contributed by atoms with E-state index < -0.39 is 0 Å². The zero-order valence-electron chi connectivity index (χ0n) is 24.9. The number of aryl methyl sites for hydroxylation is 1. The van der Waals surface area contributed by atoms with Crippen molar-refractivity contribution in [2.24, 2.45) is 5.92 Å². The molecule has 0 saturated heterocycles. The number of allylic oxidation sites excluding steroid dienone is 2. The van der Waals surface area contributed by atoms with Crippen LogP contribution >= 0.6 is 11.6 Å². The number of pyridine rings is 2. The van der Waals surface area contributed by atoms with Crippen molar-refractivity contribution < 1.29 is 0 Å². The lowest BCUT2D eigenvalue weighted by atomic mass is 9.72. The molecule has 218 valence electrons. The van der Waals surface area contributed by atoms with E-state index in [9.17, 15) is 0 Å². The number of halogens is 1. The highest BCUT2D eigenvalue weighted by Crippen LogP contribution is 2.46. The Kier molecular flexibility index (Phi) is 8.08. The van der Waals surface area contributed by atoms with Gasteiger partial charge in [0.1, 0.15) is 0 Å². The molecule has 0 fully saturated rings. The summed E-state index contributed by atoms with van der Waals surface area (Å²) in [5.74, 6) is 1.18. The summed E-state index contributed by atoms with van der Waals surface area (Å²) in [6.07, 6.45) is 17.1. The molecule has 2 heterocycles. The van der Waals surface area contributed by atoms with Gasteiger partial charge in [0.15, 0.2) is 0 Å². The average molecular weight is 579 g/mol. The molecule has 0 saturated carbocycles. The fourth-order valence-corrected chi connectivity index (χ4v) is 7.97. The van der Waals surface area contributed by atoms with E-state index in [0.717, 1.165) is 54.3 Å². The van der Waals surface area contributed by atoms with Crippen molar-refractivity contribution in [3.05, 3.63) is 81.7 Å². The molecular formula is C37H43ClN4. The Hall–Kier alpha value is -3.11. The van der Waals surface area contributed by atoms with Crippen LogP contribution in [0, 0.1) is 5.92 Å². The predicted octanol–water partition coefficient (Wildman–Crippen LogP) is 9.79. The van der Waals surface area contributed by atoms with E-state index in [0.29, 0.717) is 5.92 Å². The number of hydrogen-bond donors (Lipinski definition) is 2. The van der Waals surface area contributed by atoms with E-state index >= 15 is 0 Å². The maximum Gasteiger partial charge on any atom is 0.0741 e. The fourth-order valence-electron chi connectivity index (χ4n) is 7.81. The van der Waals surface area contributed by atoms with Gasteiger partial charge in [-0.15, -0.1) is 0 Å². The fraction of sp³-hybridized carbons (Fsp3) is 0.459. The number of aromatic nitrogens is 2. The van der Waals surface area contributed by atoms with Crippen LogP contribution < -0.4 is 10.6 Å². The Morgan fingerprint density at radius 3 is 2.38 bits per heavy atom. The molecule has 42 heavy (non-hydrogen) atoms. The lowest BCUT2D eigenvalue weighted by molar-refractivity contribution is 0.403. The molecule has 2 unspecified atom stereocenters. The maximum atomic E-state index is 6.39. The van der Waals surface area contributed by atoms with Gasteiger partial charge in [0.2, 0.25) is 0 Å². The van der Waals surface area contributed by atoms with E-state index in [4.69, 9.17) is 21.6 Å². The van der Waals surface area contributed by atoms with Crippen molar-refractivity contribution >= 4 is 44.8 Å². The van der Waals surface area contributed by atoms with Crippen LogP contribution in [0.25, 0.3) is 21.8 Å². The van der Waals surface area contributed by atoms with Gasteiger partial charge >= 0.3 is 0 Å². The van der Waals surface area contributed by atoms with Crippen molar-refractivity contribution in [1.29, 1.82) is 0 Å². The second-order valence-electron chi connectivity index (χ2n) is 12.9. The predicted molar refractivity (Wildman–Crippen MR) is 178 cm³/mol. The molecule has 2 aromatic carbocycles. The molecule has 0 aliphatic heterocycles. The Labute approximate surface area is 255 Å². The quantitative estimate of drug-likeness (QED) is 0.145. The molecule has 0 spiro atoms. The van der Waals surface area contributed by atoms with Gasteiger partial charge < -0.3 is 10.6 Å². The lowest BCUT2D eigenvalue weighted by Crippen LogP contribution is -2.24. The van der Waals surface area contributed by atoms with Crippen LogP contribution in [-0.4, -0.2) is 23.1 Å². The van der Waals surface area contributed by atoms with Gasteiger partial charge in [-0.2, -0.15) is 0 Å². The summed E-state index contributed by atoms with van der Waals surface area (Å²) in [4.78, 5) is 10.2. The summed E-state index contributed by atoms with van der Waals surface area (Å²) < 4.78 is 0. The Morgan fingerprint density at radius 1 is 0.786 bits per heavy atom. The standard InChI is InChI=1S/C37H43ClN4/c1-24-19-25-21-26(20-24)35-31(22-25)37(30-16-15-27(38)23-34(30)42-35)40-18-10-4-2-3-9-17-39-36-28-11-5-7-13-32(28)41-33-14-8-6-12-29(33)36/h5,7,11,13,15-16,20,23,25-26H,2-4,6,8-10,12,14,17-19,21-22H2,1H3,(H,39,41)(H,40,42). The minimum absolute atomic E-state index is 0.445. The number of fused-ring (bicyclic) bond motifs is 7. The summed E-state index contributed by atoms with van der Waals surface area (Å²) in [7, 11) is 0. The number of nitrogens with zero attached hydrogens (tertiary/aromatic N) is 2. The van der Waals surface area contributed by atoms with Crippen LogP contribution in [0.2, 0.25) is 5.02 Å². The zero-order valence-corrected chi connectivity index (χ0v) is 25.7. The first-order valence-electron chi connectivity index (χ1n) is 16.3. The molecule has 4 aromatic rings. The van der Waals surface area contributed by atoms with Crippen molar-refractivity contribution in [2.75, 3.05) is 23.7 Å². The molecule has 2 bridgehead atoms. The summed E-state index contributed by atoms with van der Waals surface area (Å²) in [6, 6.07) is 14.8. The summed E-state index contributed by atoms with van der Waals surface area (Å²) in [5.41, 5.74) is 11.8. The minimum Gasteiger partial charge on any atom is -0.384 e. The molecule has 2 N–H and O–H groups in total.